The van der Waals surface area contributed by atoms with Crippen LogP contribution in [0.25, 0.3) is 0 Å². The Kier molecular flexibility index (Phi) is 5.09. The number of hydrogen-bond donors (Lipinski definition) is 0. The van der Waals surface area contributed by atoms with E-state index in [-0.39, 0.29) is 5.91 Å². The average molecular weight is 279 g/mol. The third kappa shape index (κ3) is 4.48. The number of nitrogens with zero attached hydrogens (tertiary/aromatic N) is 3. The van der Waals surface area contributed by atoms with Gasteiger partial charge >= 0.3 is 0 Å². The van der Waals surface area contributed by atoms with Crippen LogP contribution in [0.2, 0.25) is 0 Å². The molecular weight excluding hydrogens is 262 g/mol. The first kappa shape index (κ1) is 13.7. The standard InChI is InChI=1S/C13H17N3O2S/c1-16(8-7-12-14-10-18-15-12)13(17)6-2-4-11-5-3-9-19-11/h3,5,9-10H,2,4,6-8H2,1H3. The summed E-state index contributed by atoms with van der Waals surface area (Å²) in [7, 11) is 1.81. The fraction of sp³-hybridized carbons (Fsp3) is 0.462. The number of aryl methyl sites for hydroxylation is 1. The molecule has 19 heavy (non-hydrogen) atoms. The van der Waals surface area contributed by atoms with Crippen molar-refractivity contribution in [3.05, 3.63) is 34.6 Å². The van der Waals surface area contributed by atoms with Gasteiger partial charge in [0.1, 0.15) is 0 Å². The zero-order valence-corrected chi connectivity index (χ0v) is 11.7. The molecule has 0 bridgehead atoms. The zero-order valence-electron chi connectivity index (χ0n) is 10.9. The van der Waals surface area contributed by atoms with Crippen molar-refractivity contribution in [3.63, 3.8) is 0 Å². The highest BCUT2D eigenvalue weighted by atomic mass is 32.1. The molecular formula is C13H17N3O2S. The molecule has 0 unspecified atom stereocenters. The lowest BCUT2D eigenvalue weighted by Gasteiger charge is -2.15. The highest BCUT2D eigenvalue weighted by molar-refractivity contribution is 7.09. The summed E-state index contributed by atoms with van der Waals surface area (Å²) in [6.07, 6.45) is 4.39. The van der Waals surface area contributed by atoms with Gasteiger partial charge in [0.25, 0.3) is 0 Å². The largest absolute Gasteiger partial charge is 0.345 e. The topological polar surface area (TPSA) is 59.2 Å². The van der Waals surface area contributed by atoms with E-state index < -0.39 is 0 Å². The predicted octanol–water partition coefficient (Wildman–Crippen LogP) is 2.15. The Morgan fingerprint density at radius 2 is 2.37 bits per heavy atom. The lowest BCUT2D eigenvalue weighted by Crippen LogP contribution is -2.28. The van der Waals surface area contributed by atoms with Crippen LogP contribution >= 0.6 is 11.3 Å². The number of likely N-dealkylation sites (N-methyl/N-ethyl adjacent to an activating group) is 1. The minimum Gasteiger partial charge on any atom is -0.345 e. The first-order valence-electron chi connectivity index (χ1n) is 6.27. The number of aromatic nitrogens is 2. The van der Waals surface area contributed by atoms with Crippen molar-refractivity contribution in [2.75, 3.05) is 13.6 Å². The van der Waals surface area contributed by atoms with Crippen molar-refractivity contribution in [2.45, 2.75) is 25.7 Å². The van der Waals surface area contributed by atoms with Crippen LogP contribution in [-0.4, -0.2) is 34.5 Å². The van der Waals surface area contributed by atoms with Crippen LogP contribution in [0.4, 0.5) is 0 Å². The molecule has 2 aromatic heterocycles. The van der Waals surface area contributed by atoms with Gasteiger partial charge in [0.05, 0.1) is 0 Å². The summed E-state index contributed by atoms with van der Waals surface area (Å²) in [5.41, 5.74) is 0. The van der Waals surface area contributed by atoms with Crippen LogP contribution < -0.4 is 0 Å². The molecule has 0 spiro atoms. The number of carbonyl (C=O) groups is 1. The molecule has 5 nitrogen and oxygen atoms in total. The van der Waals surface area contributed by atoms with Crippen LogP contribution in [-0.2, 0) is 17.6 Å². The molecule has 2 heterocycles. The van der Waals surface area contributed by atoms with Gasteiger partial charge in [-0.1, -0.05) is 11.2 Å². The highest BCUT2D eigenvalue weighted by Gasteiger charge is 2.09. The Morgan fingerprint density at radius 3 is 3.05 bits per heavy atom. The van der Waals surface area contributed by atoms with E-state index in [1.165, 1.54) is 11.3 Å². The van der Waals surface area contributed by atoms with E-state index >= 15 is 0 Å². The molecule has 102 valence electrons. The van der Waals surface area contributed by atoms with Crippen molar-refractivity contribution in [3.8, 4) is 0 Å². The Labute approximate surface area is 116 Å². The number of amides is 1. The van der Waals surface area contributed by atoms with Crippen LogP contribution in [0.1, 0.15) is 23.5 Å². The van der Waals surface area contributed by atoms with Crippen LogP contribution in [0, 0.1) is 0 Å². The lowest BCUT2D eigenvalue weighted by molar-refractivity contribution is -0.129. The van der Waals surface area contributed by atoms with Crippen LogP contribution in [0.15, 0.2) is 28.4 Å². The van der Waals surface area contributed by atoms with Gasteiger partial charge in [-0.2, -0.15) is 4.98 Å². The summed E-state index contributed by atoms with van der Waals surface area (Å²) in [6, 6.07) is 4.15. The molecule has 0 aliphatic heterocycles. The molecule has 0 aliphatic carbocycles. The van der Waals surface area contributed by atoms with Crippen molar-refractivity contribution in [1.29, 1.82) is 0 Å². The molecule has 0 saturated carbocycles. The Hall–Kier alpha value is -1.69. The molecule has 2 aromatic rings. The number of hydrogen-bond acceptors (Lipinski definition) is 5. The maximum absolute atomic E-state index is 11.9. The fourth-order valence-corrected chi connectivity index (χ4v) is 2.51. The van der Waals surface area contributed by atoms with E-state index in [4.69, 9.17) is 0 Å². The molecule has 0 aliphatic rings. The van der Waals surface area contributed by atoms with Crippen LogP contribution in [0.5, 0.6) is 0 Å². The summed E-state index contributed by atoms with van der Waals surface area (Å²) < 4.78 is 4.65. The lowest BCUT2D eigenvalue weighted by atomic mass is 10.2. The van der Waals surface area contributed by atoms with Crippen molar-refractivity contribution in [2.24, 2.45) is 0 Å². The normalized spacial score (nSPS) is 10.6. The Balaban J connectivity index is 1.64. The molecule has 6 heteroatoms. The van der Waals surface area contributed by atoms with Gasteiger partial charge in [0.2, 0.25) is 12.3 Å². The summed E-state index contributed by atoms with van der Waals surface area (Å²) in [5, 5.41) is 5.78. The van der Waals surface area contributed by atoms with Gasteiger partial charge in [-0.15, -0.1) is 11.3 Å². The maximum atomic E-state index is 11.9. The van der Waals surface area contributed by atoms with E-state index in [1.807, 2.05) is 13.1 Å². The summed E-state index contributed by atoms with van der Waals surface area (Å²) >= 11 is 1.74. The smallest absolute Gasteiger partial charge is 0.222 e. The van der Waals surface area contributed by atoms with E-state index in [2.05, 4.69) is 26.1 Å². The quantitative estimate of drug-likeness (QED) is 0.779. The molecule has 0 atom stereocenters. The van der Waals surface area contributed by atoms with E-state index in [0.717, 1.165) is 12.8 Å². The van der Waals surface area contributed by atoms with Crippen molar-refractivity contribution < 1.29 is 9.32 Å². The third-order valence-corrected chi connectivity index (χ3v) is 3.83. The molecule has 0 saturated heterocycles. The van der Waals surface area contributed by atoms with Gasteiger partial charge in [-0.05, 0) is 24.3 Å². The number of rotatable bonds is 7. The molecule has 0 radical (unpaired) electrons. The van der Waals surface area contributed by atoms with Crippen molar-refractivity contribution in [1.82, 2.24) is 15.0 Å². The van der Waals surface area contributed by atoms with Gasteiger partial charge in [0, 0.05) is 31.3 Å². The maximum Gasteiger partial charge on any atom is 0.222 e. The second-order valence-corrected chi connectivity index (χ2v) is 5.38. The zero-order chi connectivity index (χ0) is 13.5. The van der Waals surface area contributed by atoms with Crippen LogP contribution in [0.3, 0.4) is 0 Å². The highest BCUT2D eigenvalue weighted by Crippen LogP contribution is 2.12. The summed E-state index contributed by atoms with van der Waals surface area (Å²) in [6.45, 7) is 0.622. The first-order valence-corrected chi connectivity index (χ1v) is 7.15. The molecule has 0 N–H and O–H groups in total. The fourth-order valence-electron chi connectivity index (χ4n) is 1.75. The first-order chi connectivity index (χ1) is 9.25. The predicted molar refractivity (Wildman–Crippen MR) is 72.9 cm³/mol. The minimum absolute atomic E-state index is 0.167. The summed E-state index contributed by atoms with van der Waals surface area (Å²) in [5.74, 6) is 0.804. The SMILES string of the molecule is CN(CCc1ncon1)C(=O)CCCc1cccs1. The molecule has 0 aromatic carbocycles. The monoisotopic (exact) mass is 279 g/mol. The van der Waals surface area contributed by atoms with E-state index in [1.54, 1.807) is 16.2 Å². The summed E-state index contributed by atoms with van der Waals surface area (Å²) in [4.78, 5) is 18.9. The van der Waals surface area contributed by atoms with Crippen molar-refractivity contribution >= 4 is 17.2 Å². The average Bonchev–Trinajstić information content (AvgIpc) is 3.08. The molecule has 2 rings (SSSR count). The third-order valence-electron chi connectivity index (χ3n) is 2.90. The number of carbonyl (C=O) groups excluding carboxylic acids is 1. The van der Waals surface area contributed by atoms with Gasteiger partial charge in [-0.25, -0.2) is 0 Å². The van der Waals surface area contributed by atoms with Gasteiger partial charge in [0.15, 0.2) is 5.82 Å². The second-order valence-electron chi connectivity index (χ2n) is 4.35. The number of thiophene rings is 1. The minimum atomic E-state index is 0.167. The second kappa shape index (κ2) is 7.04. The van der Waals surface area contributed by atoms with Gasteiger partial charge in [-0.3, -0.25) is 4.79 Å². The molecule has 1 amide bonds. The van der Waals surface area contributed by atoms with Gasteiger partial charge < -0.3 is 9.42 Å². The Bertz CT molecular complexity index is 482. The Morgan fingerprint density at radius 1 is 1.47 bits per heavy atom. The van der Waals surface area contributed by atoms with E-state index in [0.29, 0.717) is 25.2 Å². The van der Waals surface area contributed by atoms with E-state index in [9.17, 15) is 4.79 Å². The molecule has 0 fully saturated rings.